The van der Waals surface area contributed by atoms with Crippen LogP contribution in [0.1, 0.15) is 27.0 Å². The highest BCUT2D eigenvalue weighted by Crippen LogP contribution is 2.31. The molecule has 2 aliphatic rings. The fraction of sp³-hybridized carbons (Fsp3) is 0.393. The Hall–Kier alpha value is -3.51. The predicted octanol–water partition coefficient (Wildman–Crippen LogP) is 3.97. The standard InChI is InChI=1S/C28H29F3N4O4S/c1-19-5-6-21(25(36)16-20-3-2-4-22(15-20)28(29,30)31)17-23(19)24-18-26(34-9-13-40(37,38)14-10-34)33-27(32-24)35-7-11-39-12-8-35/h2-6,15,17-18H,7-14,16H2,1H3. The molecule has 0 aliphatic carbocycles. The molecule has 2 saturated heterocycles. The van der Waals surface area contributed by atoms with Crippen molar-refractivity contribution in [2.45, 2.75) is 19.5 Å². The maximum Gasteiger partial charge on any atom is 0.416 e. The number of morpholine rings is 1. The number of benzene rings is 2. The fourth-order valence-electron chi connectivity index (χ4n) is 4.78. The number of alkyl halides is 3. The lowest BCUT2D eigenvalue weighted by Crippen LogP contribution is -2.41. The third kappa shape index (κ3) is 6.44. The number of halogens is 3. The number of hydrogen-bond acceptors (Lipinski definition) is 8. The van der Waals surface area contributed by atoms with Gasteiger partial charge in [0, 0.05) is 49.8 Å². The second-order valence-corrected chi connectivity index (χ2v) is 12.3. The summed E-state index contributed by atoms with van der Waals surface area (Å²) >= 11 is 0. The fourth-order valence-corrected chi connectivity index (χ4v) is 5.99. The first-order valence-electron chi connectivity index (χ1n) is 13.0. The van der Waals surface area contributed by atoms with E-state index < -0.39 is 21.6 Å². The molecule has 0 amide bonds. The highest BCUT2D eigenvalue weighted by atomic mass is 32.2. The number of carbonyl (C=O) groups excluding carboxylic acids is 1. The molecule has 2 fully saturated rings. The van der Waals surface area contributed by atoms with E-state index in [1.54, 1.807) is 24.3 Å². The number of nitrogens with zero attached hydrogens (tertiary/aromatic N) is 4. The van der Waals surface area contributed by atoms with E-state index in [0.717, 1.165) is 17.7 Å². The summed E-state index contributed by atoms with van der Waals surface area (Å²) in [5, 5.41) is 0. The first-order chi connectivity index (χ1) is 19.0. The van der Waals surface area contributed by atoms with E-state index in [9.17, 15) is 26.4 Å². The maximum atomic E-state index is 13.2. The number of aryl methyl sites for hydroxylation is 1. The van der Waals surface area contributed by atoms with Gasteiger partial charge in [-0.25, -0.2) is 13.4 Å². The van der Waals surface area contributed by atoms with E-state index >= 15 is 0 Å². The number of Topliss-reactive ketones (excluding diaryl/α,β-unsaturated/α-hetero) is 1. The van der Waals surface area contributed by atoms with Crippen molar-refractivity contribution in [3.05, 3.63) is 70.8 Å². The van der Waals surface area contributed by atoms with Gasteiger partial charge in [0.05, 0.1) is 36.0 Å². The largest absolute Gasteiger partial charge is 0.416 e. The quantitative estimate of drug-likeness (QED) is 0.409. The zero-order valence-electron chi connectivity index (χ0n) is 21.9. The molecule has 5 rings (SSSR count). The lowest BCUT2D eigenvalue weighted by Gasteiger charge is -2.31. The topological polar surface area (TPSA) is 92.7 Å². The molecule has 2 aliphatic heterocycles. The average molecular weight is 575 g/mol. The van der Waals surface area contributed by atoms with E-state index in [1.807, 2.05) is 16.7 Å². The summed E-state index contributed by atoms with van der Waals surface area (Å²) in [5.74, 6) is 0.852. The van der Waals surface area contributed by atoms with Crippen LogP contribution in [0.2, 0.25) is 0 Å². The van der Waals surface area contributed by atoms with Gasteiger partial charge in [0.1, 0.15) is 5.82 Å². The minimum atomic E-state index is -4.49. The molecule has 0 unspecified atom stereocenters. The van der Waals surface area contributed by atoms with E-state index in [2.05, 4.69) is 0 Å². The van der Waals surface area contributed by atoms with E-state index in [4.69, 9.17) is 14.7 Å². The van der Waals surface area contributed by atoms with Crippen molar-refractivity contribution in [1.82, 2.24) is 9.97 Å². The Morgan fingerprint density at radius 3 is 2.38 bits per heavy atom. The molecule has 212 valence electrons. The summed E-state index contributed by atoms with van der Waals surface area (Å²) in [6.07, 6.45) is -4.67. The molecule has 12 heteroatoms. The number of aromatic nitrogens is 2. The van der Waals surface area contributed by atoms with Crippen LogP contribution in [0.25, 0.3) is 11.3 Å². The number of ether oxygens (including phenoxy) is 1. The minimum Gasteiger partial charge on any atom is -0.378 e. The second kappa shape index (κ2) is 11.2. The Balaban J connectivity index is 1.48. The van der Waals surface area contributed by atoms with Gasteiger partial charge in [-0.1, -0.05) is 30.3 Å². The first-order valence-corrected chi connectivity index (χ1v) is 14.8. The first kappa shape index (κ1) is 28.0. The van der Waals surface area contributed by atoms with Crippen molar-refractivity contribution in [2.24, 2.45) is 0 Å². The van der Waals surface area contributed by atoms with Gasteiger partial charge in [0.2, 0.25) is 5.95 Å². The van der Waals surface area contributed by atoms with E-state index in [-0.39, 0.29) is 29.3 Å². The number of carbonyl (C=O) groups is 1. The van der Waals surface area contributed by atoms with Crippen LogP contribution in [0.3, 0.4) is 0 Å². The van der Waals surface area contributed by atoms with Crippen molar-refractivity contribution >= 4 is 27.4 Å². The van der Waals surface area contributed by atoms with Crippen LogP contribution < -0.4 is 9.80 Å². The van der Waals surface area contributed by atoms with Gasteiger partial charge in [-0.15, -0.1) is 0 Å². The van der Waals surface area contributed by atoms with Crippen molar-refractivity contribution in [3.63, 3.8) is 0 Å². The Labute approximate surface area is 230 Å². The van der Waals surface area contributed by atoms with E-state index in [1.165, 1.54) is 12.1 Å². The van der Waals surface area contributed by atoms with Crippen LogP contribution in [0.5, 0.6) is 0 Å². The van der Waals surface area contributed by atoms with Crippen molar-refractivity contribution in [1.29, 1.82) is 0 Å². The summed E-state index contributed by atoms with van der Waals surface area (Å²) < 4.78 is 68.9. The normalized spacial score (nSPS) is 17.6. The Morgan fingerprint density at radius 2 is 1.68 bits per heavy atom. The van der Waals surface area contributed by atoms with Crippen molar-refractivity contribution in [2.75, 3.05) is 60.7 Å². The van der Waals surface area contributed by atoms with Crippen LogP contribution >= 0.6 is 0 Å². The van der Waals surface area contributed by atoms with Gasteiger partial charge in [-0.3, -0.25) is 4.79 Å². The minimum absolute atomic E-state index is 0.0395. The van der Waals surface area contributed by atoms with Crippen molar-refractivity contribution < 1.29 is 31.1 Å². The third-order valence-corrected chi connectivity index (χ3v) is 8.73. The highest BCUT2D eigenvalue weighted by molar-refractivity contribution is 7.91. The van der Waals surface area contributed by atoms with Crippen molar-refractivity contribution in [3.8, 4) is 11.3 Å². The molecule has 0 atom stereocenters. The summed E-state index contributed by atoms with van der Waals surface area (Å²) in [6.45, 7) is 4.79. The summed E-state index contributed by atoms with van der Waals surface area (Å²) in [6, 6.07) is 11.7. The molecule has 0 spiro atoms. The summed E-state index contributed by atoms with van der Waals surface area (Å²) in [7, 11) is -3.09. The highest BCUT2D eigenvalue weighted by Gasteiger charge is 2.30. The predicted molar refractivity (Wildman–Crippen MR) is 146 cm³/mol. The molecule has 8 nitrogen and oxygen atoms in total. The molecule has 0 saturated carbocycles. The SMILES string of the molecule is Cc1ccc(C(=O)Cc2cccc(C(F)(F)F)c2)cc1-c1cc(N2CCS(=O)(=O)CC2)nc(N2CCOCC2)n1. The van der Waals surface area contributed by atoms with E-state index in [0.29, 0.717) is 68.0 Å². The molecular weight excluding hydrogens is 545 g/mol. The van der Waals surface area contributed by atoms with Crippen LogP contribution in [-0.4, -0.2) is 75.1 Å². The van der Waals surface area contributed by atoms with Crippen LogP contribution in [0.4, 0.5) is 24.9 Å². The molecule has 3 heterocycles. The number of anilines is 2. The Morgan fingerprint density at radius 1 is 0.950 bits per heavy atom. The van der Waals surface area contributed by atoms with Crippen LogP contribution in [0.15, 0.2) is 48.5 Å². The number of ketones is 1. The molecule has 1 aromatic heterocycles. The van der Waals surface area contributed by atoms with Gasteiger partial charge in [-0.05, 0) is 30.2 Å². The smallest absolute Gasteiger partial charge is 0.378 e. The molecule has 40 heavy (non-hydrogen) atoms. The second-order valence-electron chi connectivity index (χ2n) is 9.98. The van der Waals surface area contributed by atoms with Gasteiger partial charge in [-0.2, -0.15) is 18.2 Å². The lowest BCUT2D eigenvalue weighted by atomic mass is 9.96. The molecule has 2 aromatic carbocycles. The zero-order valence-corrected chi connectivity index (χ0v) is 22.8. The van der Waals surface area contributed by atoms with Gasteiger partial charge in [0.15, 0.2) is 15.6 Å². The summed E-state index contributed by atoms with van der Waals surface area (Å²) in [4.78, 5) is 26.7. The summed E-state index contributed by atoms with van der Waals surface area (Å²) in [5.41, 5.74) is 1.96. The average Bonchev–Trinajstić information content (AvgIpc) is 2.93. The molecule has 0 bridgehead atoms. The number of rotatable bonds is 6. The molecule has 0 N–H and O–H groups in total. The van der Waals surface area contributed by atoms with Gasteiger partial charge < -0.3 is 14.5 Å². The molecule has 3 aromatic rings. The zero-order chi connectivity index (χ0) is 28.5. The Kier molecular flexibility index (Phi) is 7.83. The van der Waals surface area contributed by atoms with Crippen LogP contribution in [-0.2, 0) is 27.2 Å². The molecular formula is C28H29F3N4O4S. The van der Waals surface area contributed by atoms with Crippen LogP contribution in [0, 0.1) is 6.92 Å². The lowest BCUT2D eigenvalue weighted by molar-refractivity contribution is -0.137. The third-order valence-electron chi connectivity index (χ3n) is 7.12. The van der Waals surface area contributed by atoms with Gasteiger partial charge >= 0.3 is 6.18 Å². The number of sulfone groups is 1. The molecule has 0 radical (unpaired) electrons. The number of hydrogen-bond donors (Lipinski definition) is 0. The Bertz CT molecular complexity index is 1510. The monoisotopic (exact) mass is 574 g/mol. The maximum absolute atomic E-state index is 13.2. The van der Waals surface area contributed by atoms with Gasteiger partial charge in [0.25, 0.3) is 0 Å².